The molecule has 0 aliphatic carbocycles. The van der Waals surface area contributed by atoms with Gasteiger partial charge in [0.15, 0.2) is 0 Å². The van der Waals surface area contributed by atoms with Gasteiger partial charge in [-0.15, -0.1) is 35.0 Å². The highest BCUT2D eigenvalue weighted by molar-refractivity contribution is 7.99. The molecule has 0 saturated heterocycles. The van der Waals surface area contributed by atoms with Crippen LogP contribution in [0.4, 0.5) is 0 Å². The number of hydrogen-bond acceptors (Lipinski definition) is 3. The van der Waals surface area contributed by atoms with Crippen LogP contribution in [-0.2, 0) is 10.5 Å². The number of halogens is 3. The fourth-order valence-corrected chi connectivity index (χ4v) is 2.65. The molecule has 0 aliphatic heterocycles. The van der Waals surface area contributed by atoms with E-state index < -0.39 is 0 Å². The number of carbonyl (C=O) groups is 1. The first-order chi connectivity index (χ1) is 9.17. The SMILES string of the molecule is O=C(CSCc1ccccc1Cl)NN=C(CCl)CCl. The third kappa shape index (κ3) is 6.52. The standard InChI is InChI=1S/C12H13Cl3N2OS/c13-5-10(6-14)16-17-12(18)8-19-7-9-3-1-2-4-11(9)15/h1-4H,5-8H2,(H,17,18). The minimum Gasteiger partial charge on any atom is -0.272 e. The third-order valence-corrected chi connectivity index (χ3v) is 4.06. The van der Waals surface area contributed by atoms with Gasteiger partial charge in [0.25, 0.3) is 0 Å². The maximum Gasteiger partial charge on any atom is 0.250 e. The summed E-state index contributed by atoms with van der Waals surface area (Å²) in [5, 5.41) is 4.53. The highest BCUT2D eigenvalue weighted by atomic mass is 35.5. The fourth-order valence-electron chi connectivity index (χ4n) is 1.14. The van der Waals surface area contributed by atoms with Crippen LogP contribution in [0.1, 0.15) is 5.56 Å². The maximum absolute atomic E-state index is 11.5. The number of amides is 1. The minimum atomic E-state index is -0.190. The van der Waals surface area contributed by atoms with Gasteiger partial charge >= 0.3 is 0 Å². The second kappa shape index (κ2) is 9.48. The van der Waals surface area contributed by atoms with Crippen molar-refractivity contribution in [2.24, 2.45) is 5.10 Å². The van der Waals surface area contributed by atoms with Crippen molar-refractivity contribution in [1.29, 1.82) is 0 Å². The Morgan fingerprint density at radius 1 is 1.26 bits per heavy atom. The topological polar surface area (TPSA) is 41.5 Å². The Balaban J connectivity index is 2.32. The number of hydrogen-bond donors (Lipinski definition) is 1. The van der Waals surface area contributed by atoms with E-state index >= 15 is 0 Å². The molecule has 0 unspecified atom stereocenters. The van der Waals surface area contributed by atoms with E-state index in [4.69, 9.17) is 34.8 Å². The number of benzene rings is 1. The van der Waals surface area contributed by atoms with E-state index in [1.54, 1.807) is 0 Å². The molecule has 0 fully saturated rings. The van der Waals surface area contributed by atoms with Crippen molar-refractivity contribution < 1.29 is 4.79 Å². The predicted octanol–water partition coefficient (Wildman–Crippen LogP) is 3.52. The summed E-state index contributed by atoms with van der Waals surface area (Å²) in [6.45, 7) is 0. The van der Waals surface area contributed by atoms with Crippen molar-refractivity contribution in [2.75, 3.05) is 17.5 Å². The lowest BCUT2D eigenvalue weighted by molar-refractivity contribution is -0.118. The van der Waals surface area contributed by atoms with E-state index in [1.165, 1.54) is 11.8 Å². The van der Waals surface area contributed by atoms with Crippen molar-refractivity contribution in [1.82, 2.24) is 5.43 Å². The Morgan fingerprint density at radius 3 is 2.58 bits per heavy atom. The lowest BCUT2D eigenvalue weighted by Gasteiger charge is -2.04. The Hall–Kier alpha value is -0.420. The van der Waals surface area contributed by atoms with Crippen LogP contribution < -0.4 is 5.43 Å². The van der Waals surface area contributed by atoms with E-state index in [1.807, 2.05) is 24.3 Å². The van der Waals surface area contributed by atoms with Crippen molar-refractivity contribution in [3.05, 3.63) is 34.9 Å². The van der Waals surface area contributed by atoms with Gasteiger partial charge in [-0.3, -0.25) is 4.79 Å². The van der Waals surface area contributed by atoms with Gasteiger partial charge in [0.05, 0.1) is 23.2 Å². The van der Waals surface area contributed by atoms with Gasteiger partial charge in [0.1, 0.15) is 0 Å². The summed E-state index contributed by atoms with van der Waals surface area (Å²) in [5.41, 5.74) is 3.95. The first kappa shape index (κ1) is 16.6. The number of rotatable bonds is 7. The zero-order valence-corrected chi connectivity index (χ0v) is 13.1. The van der Waals surface area contributed by atoms with Gasteiger partial charge < -0.3 is 0 Å². The minimum absolute atomic E-state index is 0.190. The number of alkyl halides is 2. The molecular formula is C12H13Cl3N2OS. The van der Waals surface area contributed by atoms with E-state index in [2.05, 4.69) is 10.5 Å². The summed E-state index contributed by atoms with van der Waals surface area (Å²) >= 11 is 18.6. The average Bonchev–Trinajstić information content (AvgIpc) is 2.42. The molecule has 1 aromatic carbocycles. The van der Waals surface area contributed by atoms with Gasteiger partial charge in [-0.25, -0.2) is 5.43 Å². The monoisotopic (exact) mass is 338 g/mol. The smallest absolute Gasteiger partial charge is 0.250 e. The van der Waals surface area contributed by atoms with E-state index in [0.717, 1.165) is 5.56 Å². The quantitative estimate of drug-likeness (QED) is 0.469. The molecule has 1 amide bonds. The molecule has 104 valence electrons. The van der Waals surface area contributed by atoms with Crippen molar-refractivity contribution in [3.8, 4) is 0 Å². The number of nitrogens with one attached hydrogen (secondary N) is 1. The fraction of sp³-hybridized carbons (Fsp3) is 0.333. The molecule has 1 N–H and O–H groups in total. The molecule has 0 aliphatic rings. The zero-order valence-electron chi connectivity index (χ0n) is 10.0. The highest BCUT2D eigenvalue weighted by Crippen LogP contribution is 2.20. The highest BCUT2D eigenvalue weighted by Gasteiger charge is 2.04. The summed E-state index contributed by atoms with van der Waals surface area (Å²) in [6, 6.07) is 7.55. The Kier molecular flexibility index (Phi) is 8.30. The van der Waals surface area contributed by atoms with Gasteiger partial charge in [-0.1, -0.05) is 29.8 Å². The summed E-state index contributed by atoms with van der Waals surface area (Å²) < 4.78 is 0. The van der Waals surface area contributed by atoms with Crippen molar-refractivity contribution in [3.63, 3.8) is 0 Å². The molecule has 1 aromatic rings. The van der Waals surface area contributed by atoms with Crippen LogP contribution in [0.3, 0.4) is 0 Å². The molecule has 19 heavy (non-hydrogen) atoms. The summed E-state index contributed by atoms with van der Waals surface area (Å²) in [7, 11) is 0. The number of carbonyl (C=O) groups excluding carboxylic acids is 1. The summed E-state index contributed by atoms with van der Waals surface area (Å²) in [6.07, 6.45) is 0. The Bertz CT molecular complexity index is 448. The largest absolute Gasteiger partial charge is 0.272 e. The molecule has 0 bridgehead atoms. The van der Waals surface area contributed by atoms with Gasteiger partial charge in [-0.05, 0) is 11.6 Å². The van der Waals surface area contributed by atoms with Gasteiger partial charge in [0.2, 0.25) is 5.91 Å². The number of hydrazone groups is 1. The average molecular weight is 340 g/mol. The summed E-state index contributed by atoms with van der Waals surface area (Å²) in [5.74, 6) is 1.19. The first-order valence-electron chi connectivity index (χ1n) is 5.44. The van der Waals surface area contributed by atoms with Crippen LogP contribution in [0, 0.1) is 0 Å². The molecule has 0 aromatic heterocycles. The Morgan fingerprint density at radius 2 is 1.95 bits per heavy atom. The van der Waals surface area contributed by atoms with E-state index in [9.17, 15) is 4.79 Å². The molecule has 0 saturated carbocycles. The van der Waals surface area contributed by atoms with Crippen LogP contribution in [0.25, 0.3) is 0 Å². The number of thioether (sulfide) groups is 1. The van der Waals surface area contributed by atoms with E-state index in [0.29, 0.717) is 22.2 Å². The van der Waals surface area contributed by atoms with Crippen LogP contribution in [0.5, 0.6) is 0 Å². The molecule has 0 spiro atoms. The molecular weight excluding hydrogens is 327 g/mol. The van der Waals surface area contributed by atoms with Crippen LogP contribution in [0.2, 0.25) is 5.02 Å². The van der Waals surface area contributed by atoms with Crippen LogP contribution in [0.15, 0.2) is 29.4 Å². The molecule has 7 heteroatoms. The van der Waals surface area contributed by atoms with Gasteiger partial charge in [0, 0.05) is 10.8 Å². The normalized spacial score (nSPS) is 10.1. The first-order valence-corrected chi connectivity index (χ1v) is 8.05. The second-order valence-corrected chi connectivity index (χ2v) is 5.49. The second-order valence-electron chi connectivity index (χ2n) is 3.56. The zero-order chi connectivity index (χ0) is 14.1. The molecule has 3 nitrogen and oxygen atoms in total. The predicted molar refractivity (Wildman–Crippen MR) is 84.6 cm³/mol. The number of nitrogens with zero attached hydrogens (tertiary/aromatic N) is 1. The maximum atomic E-state index is 11.5. The third-order valence-electron chi connectivity index (χ3n) is 2.10. The van der Waals surface area contributed by atoms with Gasteiger partial charge in [-0.2, -0.15) is 5.10 Å². The van der Waals surface area contributed by atoms with Crippen molar-refractivity contribution >= 4 is 58.2 Å². The molecule has 0 heterocycles. The lowest BCUT2D eigenvalue weighted by Crippen LogP contribution is -2.22. The molecule has 0 radical (unpaired) electrons. The molecule has 0 atom stereocenters. The van der Waals surface area contributed by atoms with Crippen molar-refractivity contribution in [2.45, 2.75) is 5.75 Å². The summed E-state index contributed by atoms with van der Waals surface area (Å²) in [4.78, 5) is 11.5. The van der Waals surface area contributed by atoms with Crippen LogP contribution in [-0.4, -0.2) is 29.1 Å². The van der Waals surface area contributed by atoms with E-state index in [-0.39, 0.29) is 17.7 Å². The lowest BCUT2D eigenvalue weighted by atomic mass is 10.2. The Labute approximate surface area is 131 Å². The molecule has 1 rings (SSSR count). The van der Waals surface area contributed by atoms with Crippen LogP contribution >= 0.6 is 46.6 Å².